The molecule has 10 nitrogen and oxygen atoms in total. The number of ether oxygens (including phenoxy) is 3. The largest absolute Gasteiger partial charge is 0.491 e. The molecule has 10 heteroatoms. The fourth-order valence-corrected chi connectivity index (χ4v) is 5.55. The van der Waals surface area contributed by atoms with Gasteiger partial charge in [-0.25, -0.2) is 4.98 Å². The Balaban J connectivity index is 1.04. The summed E-state index contributed by atoms with van der Waals surface area (Å²) in [6, 6.07) is 15.0. The van der Waals surface area contributed by atoms with E-state index in [0.29, 0.717) is 45.6 Å². The first-order valence-corrected chi connectivity index (χ1v) is 14.6. The highest BCUT2D eigenvalue weighted by molar-refractivity contribution is 5.80. The number of likely N-dealkylation sites (N-methyl/N-ethyl adjacent to an activating group) is 1. The molecule has 1 fully saturated rings. The molecule has 0 bridgehead atoms. The molecular formula is C31H41N7O3. The van der Waals surface area contributed by atoms with Crippen molar-refractivity contribution in [3.8, 4) is 17.1 Å². The highest BCUT2D eigenvalue weighted by Crippen LogP contribution is 2.37. The summed E-state index contributed by atoms with van der Waals surface area (Å²) in [5.74, 6) is 1.72. The monoisotopic (exact) mass is 559 g/mol. The summed E-state index contributed by atoms with van der Waals surface area (Å²) >= 11 is 0. The highest BCUT2D eigenvalue weighted by atomic mass is 16.5. The number of aromatic nitrogens is 2. The van der Waals surface area contributed by atoms with Crippen LogP contribution >= 0.6 is 0 Å². The van der Waals surface area contributed by atoms with Crippen LogP contribution in [0.15, 0.2) is 42.5 Å². The minimum absolute atomic E-state index is 0.0121. The maximum absolute atomic E-state index is 5.81. The Morgan fingerprint density at radius 1 is 0.902 bits per heavy atom. The van der Waals surface area contributed by atoms with E-state index in [0.717, 1.165) is 77.4 Å². The molecule has 1 aliphatic carbocycles. The van der Waals surface area contributed by atoms with Gasteiger partial charge < -0.3 is 40.5 Å². The van der Waals surface area contributed by atoms with Gasteiger partial charge in [0.05, 0.1) is 48.5 Å². The molecular weight excluding hydrogens is 518 g/mol. The standard InChI is InChI=1S/C31H41N7O3/c1-37-11-13-38(14-12-37)24-5-9-27-29(21-24)36-31(34-27)23-4-8-26-28(20-23)35-30(33-26)22-2-6-25(7-3-22)41-19-18-40-17-16-39-15-10-32/h2-4,6-9,20-21,24,30,33,35H,5,10-19,32H2,1H3,(H,34,36). The van der Waals surface area contributed by atoms with E-state index in [1.807, 2.05) is 12.1 Å². The molecule has 1 aromatic heterocycles. The Kier molecular flexibility index (Phi) is 8.83. The summed E-state index contributed by atoms with van der Waals surface area (Å²) in [7, 11) is 2.20. The van der Waals surface area contributed by atoms with E-state index >= 15 is 0 Å². The van der Waals surface area contributed by atoms with Crippen molar-refractivity contribution in [2.45, 2.75) is 18.6 Å². The van der Waals surface area contributed by atoms with Crippen LogP contribution in [0, 0.1) is 0 Å². The maximum Gasteiger partial charge on any atom is 0.138 e. The number of piperazine rings is 1. The number of benzene rings is 2. The molecule has 218 valence electrons. The molecule has 2 atom stereocenters. The Morgan fingerprint density at radius 2 is 1.66 bits per heavy atom. The predicted molar refractivity (Wildman–Crippen MR) is 162 cm³/mol. The lowest BCUT2D eigenvalue weighted by Crippen LogP contribution is -2.50. The van der Waals surface area contributed by atoms with Crippen molar-refractivity contribution in [1.29, 1.82) is 0 Å². The normalized spacial score (nSPS) is 20.3. The third-order valence-electron chi connectivity index (χ3n) is 7.92. The van der Waals surface area contributed by atoms with Gasteiger partial charge in [0.1, 0.15) is 24.3 Å². The van der Waals surface area contributed by atoms with E-state index < -0.39 is 0 Å². The van der Waals surface area contributed by atoms with Gasteiger partial charge in [-0.1, -0.05) is 18.2 Å². The van der Waals surface area contributed by atoms with Crippen LogP contribution in [0.3, 0.4) is 0 Å². The van der Waals surface area contributed by atoms with Crippen LogP contribution in [-0.2, 0) is 9.47 Å². The summed E-state index contributed by atoms with van der Waals surface area (Å²) in [5.41, 5.74) is 9.75. The number of nitrogens with zero attached hydrogens (tertiary/aromatic N) is 3. The van der Waals surface area contributed by atoms with Crippen molar-refractivity contribution in [1.82, 2.24) is 19.8 Å². The van der Waals surface area contributed by atoms with Gasteiger partial charge in [0.15, 0.2) is 0 Å². The Hall–Kier alpha value is -3.41. The van der Waals surface area contributed by atoms with Crippen LogP contribution in [0.2, 0.25) is 0 Å². The third-order valence-corrected chi connectivity index (χ3v) is 7.92. The average molecular weight is 560 g/mol. The van der Waals surface area contributed by atoms with E-state index in [9.17, 15) is 0 Å². The smallest absolute Gasteiger partial charge is 0.138 e. The molecule has 0 amide bonds. The van der Waals surface area contributed by atoms with Crippen molar-refractivity contribution in [3.05, 3.63) is 58.7 Å². The molecule has 2 aromatic carbocycles. The van der Waals surface area contributed by atoms with Crippen molar-refractivity contribution < 1.29 is 14.2 Å². The van der Waals surface area contributed by atoms with Crippen LogP contribution in [0.1, 0.15) is 18.2 Å². The van der Waals surface area contributed by atoms with E-state index in [1.54, 1.807) is 0 Å². The lowest BCUT2D eigenvalue weighted by atomic mass is 10.1. The number of fused-ring (bicyclic) bond motifs is 2. The summed E-state index contributed by atoms with van der Waals surface area (Å²) in [6.07, 6.45) is 5.64. The number of rotatable bonds is 12. The first kappa shape index (κ1) is 27.7. The molecule has 5 N–H and O–H groups in total. The van der Waals surface area contributed by atoms with Crippen molar-refractivity contribution >= 4 is 23.5 Å². The fourth-order valence-electron chi connectivity index (χ4n) is 5.55. The predicted octanol–water partition coefficient (Wildman–Crippen LogP) is 1.56. The molecule has 0 radical (unpaired) electrons. The fraction of sp³-hybridized carbons (Fsp3) is 0.452. The number of anilines is 2. The molecule has 1 saturated heterocycles. The zero-order chi connectivity index (χ0) is 28.0. The zero-order valence-electron chi connectivity index (χ0n) is 23.8. The zero-order valence-corrected chi connectivity index (χ0v) is 23.8. The van der Waals surface area contributed by atoms with Gasteiger partial charge in [0.2, 0.25) is 0 Å². The van der Waals surface area contributed by atoms with E-state index in [1.165, 1.54) is 0 Å². The third kappa shape index (κ3) is 6.74. The number of imidazole rings is 1. The summed E-state index contributed by atoms with van der Waals surface area (Å²) in [5, 5.41) is 9.38. The van der Waals surface area contributed by atoms with Crippen molar-refractivity contribution in [3.63, 3.8) is 0 Å². The first-order chi connectivity index (χ1) is 20.2. The van der Waals surface area contributed by atoms with Gasteiger partial charge in [-0.3, -0.25) is 4.90 Å². The molecule has 0 spiro atoms. The second-order valence-corrected chi connectivity index (χ2v) is 10.8. The maximum atomic E-state index is 5.81. The van der Waals surface area contributed by atoms with Crippen molar-refractivity contribution in [2.24, 2.45) is 5.73 Å². The molecule has 3 aromatic rings. The minimum Gasteiger partial charge on any atom is -0.491 e. The number of nitrogens with one attached hydrogen (secondary N) is 3. The van der Waals surface area contributed by atoms with Crippen LogP contribution in [0.25, 0.3) is 23.5 Å². The van der Waals surface area contributed by atoms with Crippen LogP contribution in [0.4, 0.5) is 11.4 Å². The van der Waals surface area contributed by atoms with Gasteiger partial charge in [0, 0.05) is 44.3 Å². The quantitative estimate of drug-likeness (QED) is 0.246. The van der Waals surface area contributed by atoms with Gasteiger partial charge in [-0.2, -0.15) is 0 Å². The molecule has 2 aliphatic heterocycles. The minimum atomic E-state index is -0.0121. The van der Waals surface area contributed by atoms with E-state index in [-0.39, 0.29) is 6.17 Å². The van der Waals surface area contributed by atoms with Crippen molar-refractivity contribution in [2.75, 3.05) is 83.4 Å². The second-order valence-electron chi connectivity index (χ2n) is 10.8. The van der Waals surface area contributed by atoms with Crippen LogP contribution in [-0.4, -0.2) is 98.6 Å². The summed E-state index contributed by atoms with van der Waals surface area (Å²) in [6.45, 7) is 7.68. The highest BCUT2D eigenvalue weighted by Gasteiger charge is 2.24. The topological polar surface area (TPSA) is 113 Å². The number of nitrogens with two attached hydrogens (primary N) is 1. The Labute approximate surface area is 241 Å². The molecule has 2 unspecified atom stereocenters. The molecule has 3 aliphatic rings. The van der Waals surface area contributed by atoms with Gasteiger partial charge in [0.25, 0.3) is 0 Å². The van der Waals surface area contributed by atoms with Gasteiger partial charge in [-0.05, 0) is 55.4 Å². The van der Waals surface area contributed by atoms with Crippen LogP contribution < -0.4 is 31.8 Å². The van der Waals surface area contributed by atoms with E-state index in [4.69, 9.17) is 24.9 Å². The van der Waals surface area contributed by atoms with Gasteiger partial charge in [-0.15, -0.1) is 0 Å². The summed E-state index contributed by atoms with van der Waals surface area (Å²) < 4.78 is 16.6. The SMILES string of the molecule is CN1CCN(C2C=c3[nH]c(-c4ccc5c(c4)NC(c4ccc(OCCOCCOCCN)cc4)N5)nc3=CC2)CC1. The lowest BCUT2D eigenvalue weighted by molar-refractivity contribution is 0.0388. The molecule has 6 rings (SSSR count). The average Bonchev–Trinajstić information content (AvgIpc) is 3.63. The molecule has 0 saturated carbocycles. The van der Waals surface area contributed by atoms with Gasteiger partial charge >= 0.3 is 0 Å². The number of hydrogen-bond acceptors (Lipinski definition) is 9. The second kappa shape index (κ2) is 13.1. The molecule has 41 heavy (non-hydrogen) atoms. The Bertz CT molecular complexity index is 1420. The molecule has 3 heterocycles. The Morgan fingerprint density at radius 3 is 2.46 bits per heavy atom. The lowest BCUT2D eigenvalue weighted by Gasteiger charge is -2.36. The number of aromatic amines is 1. The number of hydrogen-bond donors (Lipinski definition) is 4. The first-order valence-electron chi connectivity index (χ1n) is 14.6. The number of H-pyrrole nitrogens is 1. The summed E-state index contributed by atoms with van der Waals surface area (Å²) in [4.78, 5) is 13.5. The van der Waals surface area contributed by atoms with E-state index in [2.05, 4.69) is 74.9 Å². The van der Waals surface area contributed by atoms with Crippen LogP contribution in [0.5, 0.6) is 5.75 Å².